The summed E-state index contributed by atoms with van der Waals surface area (Å²) in [6, 6.07) is 13.5. The zero-order valence-corrected chi connectivity index (χ0v) is 12.7. The van der Waals surface area contributed by atoms with Gasteiger partial charge in [0.05, 0.1) is 11.3 Å². The number of aliphatic carboxylic acids is 1. The molecule has 5 nitrogen and oxygen atoms in total. The molecule has 0 fully saturated rings. The molecular formula is C17H12F3N3O2. The fraction of sp³-hybridized carbons (Fsp3) is 0.118. The molecule has 0 bridgehead atoms. The Hall–Kier alpha value is -3.16. The minimum atomic E-state index is -4.57. The normalized spacial score (nSPS) is 11.5. The molecule has 0 aliphatic rings. The third-order valence-electron chi connectivity index (χ3n) is 3.55. The molecule has 0 radical (unpaired) electrons. The molecule has 3 aromatic rings. The van der Waals surface area contributed by atoms with Crippen molar-refractivity contribution in [1.29, 1.82) is 0 Å². The molecule has 25 heavy (non-hydrogen) atoms. The van der Waals surface area contributed by atoms with Crippen molar-refractivity contribution in [2.75, 3.05) is 0 Å². The molecule has 0 aliphatic carbocycles. The molecule has 1 heterocycles. The van der Waals surface area contributed by atoms with E-state index in [0.717, 1.165) is 10.7 Å². The lowest BCUT2D eigenvalue weighted by Crippen LogP contribution is -2.12. The summed E-state index contributed by atoms with van der Waals surface area (Å²) in [5.41, 5.74) is -0.263. The van der Waals surface area contributed by atoms with Crippen LogP contribution in [0.4, 0.5) is 13.2 Å². The molecule has 2 aromatic carbocycles. The van der Waals surface area contributed by atoms with Gasteiger partial charge in [-0.25, -0.2) is 4.68 Å². The Bertz CT molecular complexity index is 905. The second-order valence-corrected chi connectivity index (χ2v) is 5.25. The first kappa shape index (κ1) is 16.7. The highest BCUT2D eigenvalue weighted by molar-refractivity contribution is 5.81. The number of nitrogens with zero attached hydrogens (tertiary/aromatic N) is 3. The highest BCUT2D eigenvalue weighted by Crippen LogP contribution is 2.39. The van der Waals surface area contributed by atoms with E-state index in [0.29, 0.717) is 5.56 Å². The average Bonchev–Trinajstić information content (AvgIpc) is 2.97. The third-order valence-corrected chi connectivity index (χ3v) is 3.55. The van der Waals surface area contributed by atoms with E-state index in [1.165, 1.54) is 18.2 Å². The van der Waals surface area contributed by atoms with Gasteiger partial charge in [0.25, 0.3) is 0 Å². The van der Waals surface area contributed by atoms with E-state index < -0.39 is 24.3 Å². The van der Waals surface area contributed by atoms with E-state index in [9.17, 15) is 18.0 Å². The number of rotatable bonds is 4. The van der Waals surface area contributed by atoms with E-state index in [4.69, 9.17) is 5.11 Å². The number of alkyl halides is 3. The minimum Gasteiger partial charge on any atom is -0.480 e. The molecule has 0 saturated carbocycles. The molecule has 128 valence electrons. The van der Waals surface area contributed by atoms with Gasteiger partial charge in [0, 0.05) is 11.1 Å². The maximum Gasteiger partial charge on any atom is 0.417 e. The predicted octanol–water partition coefficient (Wildman–Crippen LogP) is 3.72. The van der Waals surface area contributed by atoms with Crippen molar-refractivity contribution >= 4 is 5.97 Å². The van der Waals surface area contributed by atoms with Gasteiger partial charge in [0.15, 0.2) is 0 Å². The lowest BCUT2D eigenvalue weighted by atomic mass is 9.99. The van der Waals surface area contributed by atoms with Crippen LogP contribution >= 0.6 is 0 Å². The summed E-state index contributed by atoms with van der Waals surface area (Å²) < 4.78 is 41.1. The number of carboxylic acid groups (broad SMARTS) is 1. The van der Waals surface area contributed by atoms with Crippen molar-refractivity contribution in [3.05, 3.63) is 60.2 Å². The average molecular weight is 347 g/mol. The monoisotopic (exact) mass is 347 g/mol. The van der Waals surface area contributed by atoms with Crippen molar-refractivity contribution in [1.82, 2.24) is 15.0 Å². The Morgan fingerprint density at radius 3 is 2.32 bits per heavy atom. The molecule has 0 unspecified atom stereocenters. The summed E-state index contributed by atoms with van der Waals surface area (Å²) in [6.07, 6.45) is -4.57. The third kappa shape index (κ3) is 3.37. The summed E-state index contributed by atoms with van der Waals surface area (Å²) in [5, 5.41) is 16.6. The second kappa shape index (κ2) is 6.39. The molecule has 0 atom stereocenters. The van der Waals surface area contributed by atoms with Crippen molar-refractivity contribution in [2.24, 2.45) is 0 Å². The number of hydrogen-bond acceptors (Lipinski definition) is 3. The zero-order valence-electron chi connectivity index (χ0n) is 12.7. The first-order valence-electron chi connectivity index (χ1n) is 7.25. The number of hydrogen-bond donors (Lipinski definition) is 1. The summed E-state index contributed by atoms with van der Waals surface area (Å²) in [5.74, 6) is -1.17. The van der Waals surface area contributed by atoms with Crippen LogP contribution in [-0.2, 0) is 17.5 Å². The lowest BCUT2D eigenvalue weighted by molar-refractivity contribution is -0.138. The molecule has 0 spiro atoms. The predicted molar refractivity (Wildman–Crippen MR) is 83.5 cm³/mol. The first-order chi connectivity index (χ1) is 11.9. The lowest BCUT2D eigenvalue weighted by Gasteiger charge is -2.12. The highest BCUT2D eigenvalue weighted by Gasteiger charge is 2.35. The fourth-order valence-corrected chi connectivity index (χ4v) is 2.55. The van der Waals surface area contributed by atoms with E-state index >= 15 is 0 Å². The van der Waals surface area contributed by atoms with Gasteiger partial charge < -0.3 is 5.11 Å². The van der Waals surface area contributed by atoms with Crippen LogP contribution in [0.2, 0.25) is 0 Å². The molecule has 1 N–H and O–H groups in total. The molecule has 0 amide bonds. The summed E-state index contributed by atoms with van der Waals surface area (Å²) in [7, 11) is 0. The molecule has 8 heteroatoms. The van der Waals surface area contributed by atoms with E-state index in [2.05, 4.69) is 10.3 Å². The van der Waals surface area contributed by atoms with Crippen molar-refractivity contribution in [3.63, 3.8) is 0 Å². The van der Waals surface area contributed by atoms with E-state index in [-0.39, 0.29) is 17.0 Å². The van der Waals surface area contributed by atoms with Gasteiger partial charge >= 0.3 is 12.1 Å². The van der Waals surface area contributed by atoms with Gasteiger partial charge in [-0.2, -0.15) is 13.2 Å². The maximum absolute atomic E-state index is 13.3. The second-order valence-electron chi connectivity index (χ2n) is 5.25. The molecule has 0 saturated heterocycles. The Morgan fingerprint density at radius 1 is 1.04 bits per heavy atom. The van der Waals surface area contributed by atoms with Crippen LogP contribution in [0.3, 0.4) is 0 Å². The Morgan fingerprint density at radius 2 is 1.68 bits per heavy atom. The standard InChI is InChI=1S/C17H12F3N3O2/c18-17(19,20)13-9-5-4-8-12(13)15-16(11-6-2-1-3-7-11)23(22-21-15)10-14(24)25/h1-9H,10H2,(H,24,25). The molecule has 1 aromatic heterocycles. The highest BCUT2D eigenvalue weighted by atomic mass is 19.4. The minimum absolute atomic E-state index is 0.0135. The molecule has 0 aliphatic heterocycles. The quantitative estimate of drug-likeness (QED) is 0.781. The van der Waals surface area contributed by atoms with E-state index in [1.807, 2.05) is 0 Å². The summed E-state index contributed by atoms with van der Waals surface area (Å²) >= 11 is 0. The Kier molecular flexibility index (Phi) is 4.26. The number of carboxylic acids is 1. The van der Waals surface area contributed by atoms with Gasteiger partial charge in [-0.05, 0) is 6.07 Å². The SMILES string of the molecule is O=C(O)Cn1nnc(-c2ccccc2C(F)(F)F)c1-c1ccccc1. The van der Waals surface area contributed by atoms with Crippen LogP contribution in [0.1, 0.15) is 5.56 Å². The zero-order chi connectivity index (χ0) is 18.0. The number of aromatic nitrogens is 3. The fourth-order valence-electron chi connectivity index (χ4n) is 2.55. The number of benzene rings is 2. The molecular weight excluding hydrogens is 335 g/mol. The van der Waals surface area contributed by atoms with Gasteiger partial charge in [-0.1, -0.05) is 53.7 Å². The number of halogens is 3. The summed E-state index contributed by atoms with van der Waals surface area (Å²) in [6.45, 7) is -0.509. The van der Waals surface area contributed by atoms with Crippen LogP contribution < -0.4 is 0 Å². The first-order valence-corrected chi connectivity index (χ1v) is 7.25. The van der Waals surface area contributed by atoms with Crippen LogP contribution in [-0.4, -0.2) is 26.1 Å². The molecule has 3 rings (SSSR count). The van der Waals surface area contributed by atoms with Crippen molar-refractivity contribution in [3.8, 4) is 22.5 Å². The Labute approximate surface area is 140 Å². The van der Waals surface area contributed by atoms with Crippen molar-refractivity contribution < 1.29 is 23.1 Å². The maximum atomic E-state index is 13.3. The van der Waals surface area contributed by atoms with Gasteiger partial charge in [-0.15, -0.1) is 5.10 Å². The van der Waals surface area contributed by atoms with Gasteiger partial charge in [-0.3, -0.25) is 4.79 Å². The van der Waals surface area contributed by atoms with Crippen LogP contribution in [0, 0.1) is 0 Å². The largest absolute Gasteiger partial charge is 0.480 e. The van der Waals surface area contributed by atoms with Crippen LogP contribution in [0.15, 0.2) is 54.6 Å². The summed E-state index contributed by atoms with van der Waals surface area (Å²) in [4.78, 5) is 11.1. The van der Waals surface area contributed by atoms with Crippen LogP contribution in [0.25, 0.3) is 22.5 Å². The van der Waals surface area contributed by atoms with Crippen molar-refractivity contribution in [2.45, 2.75) is 12.7 Å². The smallest absolute Gasteiger partial charge is 0.417 e. The number of carbonyl (C=O) groups is 1. The van der Waals surface area contributed by atoms with Crippen LogP contribution in [0.5, 0.6) is 0 Å². The topological polar surface area (TPSA) is 68.0 Å². The Balaban J connectivity index is 2.25. The van der Waals surface area contributed by atoms with Gasteiger partial charge in [0.1, 0.15) is 12.2 Å². The van der Waals surface area contributed by atoms with E-state index in [1.54, 1.807) is 30.3 Å². The van der Waals surface area contributed by atoms with Gasteiger partial charge in [0.2, 0.25) is 0 Å².